The first-order valence-electron chi connectivity index (χ1n) is 4.79. The van der Waals surface area contributed by atoms with Crippen LogP contribution in [0.1, 0.15) is 10.6 Å². The topological polar surface area (TPSA) is 24.9 Å². The molecule has 0 radical (unpaired) electrons. The Morgan fingerprint density at radius 2 is 2.25 bits per heavy atom. The number of halogens is 2. The summed E-state index contributed by atoms with van der Waals surface area (Å²) in [4.78, 5) is 4.14. The van der Waals surface area contributed by atoms with Crippen molar-refractivity contribution >= 4 is 27.3 Å². The molecule has 0 atom stereocenters. The molecule has 0 saturated carbocycles. The fourth-order valence-corrected chi connectivity index (χ4v) is 2.23. The first-order valence-corrected chi connectivity index (χ1v) is 6.46. The Hall–Kier alpha value is -0.780. The first kappa shape index (κ1) is 11.7. The van der Waals surface area contributed by atoms with Crippen LogP contribution in [-0.2, 0) is 13.1 Å². The van der Waals surface area contributed by atoms with Crippen LogP contribution in [0.4, 0.5) is 4.39 Å². The normalized spacial score (nSPS) is 10.6. The van der Waals surface area contributed by atoms with Crippen molar-refractivity contribution in [3.05, 3.63) is 50.6 Å². The van der Waals surface area contributed by atoms with Gasteiger partial charge in [0, 0.05) is 34.7 Å². The van der Waals surface area contributed by atoms with E-state index in [1.54, 1.807) is 23.6 Å². The Morgan fingerprint density at radius 3 is 2.94 bits per heavy atom. The Labute approximate surface area is 106 Å². The predicted octanol–water partition coefficient (Wildman–Crippen LogP) is 3.33. The third kappa shape index (κ3) is 3.10. The Morgan fingerprint density at radius 1 is 1.38 bits per heavy atom. The van der Waals surface area contributed by atoms with Crippen LogP contribution in [-0.4, -0.2) is 4.98 Å². The van der Waals surface area contributed by atoms with E-state index in [4.69, 9.17) is 0 Å². The van der Waals surface area contributed by atoms with Crippen molar-refractivity contribution < 1.29 is 4.39 Å². The fraction of sp³-hybridized carbons (Fsp3) is 0.182. The second-order valence-corrected chi connectivity index (χ2v) is 5.16. The monoisotopic (exact) mass is 300 g/mol. The van der Waals surface area contributed by atoms with Gasteiger partial charge in [0.15, 0.2) is 0 Å². The van der Waals surface area contributed by atoms with Crippen molar-refractivity contribution in [3.63, 3.8) is 0 Å². The first-order chi connectivity index (χ1) is 7.75. The molecule has 84 valence electrons. The standard InChI is InChI=1S/C11H10BrFN2S/c12-9-2-1-8(10(13)5-9)6-14-7-11-15-3-4-16-11/h1-5,14H,6-7H2. The highest BCUT2D eigenvalue weighted by Crippen LogP contribution is 2.15. The van der Waals surface area contributed by atoms with Crippen LogP contribution in [0.2, 0.25) is 0 Å². The molecule has 0 fully saturated rings. The highest BCUT2D eigenvalue weighted by Gasteiger charge is 2.02. The number of nitrogens with zero attached hydrogens (tertiary/aromatic N) is 1. The molecule has 0 amide bonds. The molecule has 1 N–H and O–H groups in total. The molecule has 0 spiro atoms. The molecule has 0 bridgehead atoms. The Bertz CT molecular complexity index is 459. The summed E-state index contributed by atoms with van der Waals surface area (Å²) in [6.07, 6.45) is 1.77. The molecule has 16 heavy (non-hydrogen) atoms. The van der Waals surface area contributed by atoms with Crippen molar-refractivity contribution in [3.8, 4) is 0 Å². The molecule has 1 aromatic carbocycles. The lowest BCUT2D eigenvalue weighted by atomic mass is 10.2. The third-order valence-corrected chi connectivity index (χ3v) is 3.36. The molecule has 2 aromatic rings. The van der Waals surface area contributed by atoms with Gasteiger partial charge < -0.3 is 5.32 Å². The second-order valence-electron chi connectivity index (χ2n) is 3.27. The lowest BCUT2D eigenvalue weighted by Crippen LogP contribution is -2.13. The summed E-state index contributed by atoms with van der Waals surface area (Å²) in [5.41, 5.74) is 0.666. The van der Waals surface area contributed by atoms with Gasteiger partial charge in [0.2, 0.25) is 0 Å². The summed E-state index contributed by atoms with van der Waals surface area (Å²) < 4.78 is 14.2. The number of hydrogen-bond donors (Lipinski definition) is 1. The van der Waals surface area contributed by atoms with Crippen LogP contribution in [0, 0.1) is 5.82 Å². The van der Waals surface area contributed by atoms with E-state index in [-0.39, 0.29) is 5.82 Å². The predicted molar refractivity (Wildman–Crippen MR) is 66.8 cm³/mol. The van der Waals surface area contributed by atoms with E-state index < -0.39 is 0 Å². The van der Waals surface area contributed by atoms with Crippen LogP contribution in [0.15, 0.2) is 34.2 Å². The molecule has 1 aromatic heterocycles. The Balaban J connectivity index is 1.90. The minimum absolute atomic E-state index is 0.194. The molecular formula is C11H10BrFN2S. The van der Waals surface area contributed by atoms with Gasteiger partial charge >= 0.3 is 0 Å². The summed E-state index contributed by atoms with van der Waals surface area (Å²) in [5.74, 6) is -0.194. The van der Waals surface area contributed by atoms with Gasteiger partial charge in [-0.2, -0.15) is 0 Å². The maximum atomic E-state index is 13.4. The van der Waals surface area contributed by atoms with E-state index in [2.05, 4.69) is 26.2 Å². The SMILES string of the molecule is Fc1cc(Br)ccc1CNCc1nccs1. The average Bonchev–Trinajstić information content (AvgIpc) is 2.74. The minimum Gasteiger partial charge on any atom is -0.306 e. The molecule has 0 aliphatic rings. The fourth-order valence-electron chi connectivity index (χ4n) is 1.31. The number of hydrogen-bond acceptors (Lipinski definition) is 3. The van der Waals surface area contributed by atoms with Gasteiger partial charge in [-0.25, -0.2) is 9.37 Å². The van der Waals surface area contributed by atoms with Gasteiger partial charge in [-0.05, 0) is 12.1 Å². The van der Waals surface area contributed by atoms with Crippen molar-refractivity contribution in [2.45, 2.75) is 13.1 Å². The van der Waals surface area contributed by atoms with Gasteiger partial charge in [-0.3, -0.25) is 0 Å². The maximum absolute atomic E-state index is 13.4. The number of thiazole rings is 1. The van der Waals surface area contributed by atoms with Crippen LogP contribution in [0.3, 0.4) is 0 Å². The average molecular weight is 301 g/mol. The zero-order valence-electron chi connectivity index (χ0n) is 8.41. The van der Waals surface area contributed by atoms with Gasteiger partial charge in [0.25, 0.3) is 0 Å². The molecule has 2 rings (SSSR count). The molecular weight excluding hydrogens is 291 g/mol. The van der Waals surface area contributed by atoms with Crippen LogP contribution < -0.4 is 5.32 Å². The van der Waals surface area contributed by atoms with E-state index in [0.29, 0.717) is 18.7 Å². The van der Waals surface area contributed by atoms with E-state index in [0.717, 1.165) is 9.48 Å². The van der Waals surface area contributed by atoms with Gasteiger partial charge in [-0.1, -0.05) is 22.0 Å². The van der Waals surface area contributed by atoms with Crippen LogP contribution in [0.25, 0.3) is 0 Å². The summed E-state index contributed by atoms with van der Waals surface area (Å²) in [5, 5.41) is 6.10. The number of rotatable bonds is 4. The molecule has 2 nitrogen and oxygen atoms in total. The summed E-state index contributed by atoms with van der Waals surface area (Å²) >= 11 is 4.82. The number of aromatic nitrogens is 1. The van der Waals surface area contributed by atoms with E-state index in [1.807, 2.05) is 11.4 Å². The van der Waals surface area contributed by atoms with E-state index >= 15 is 0 Å². The zero-order valence-corrected chi connectivity index (χ0v) is 10.8. The van der Waals surface area contributed by atoms with Crippen molar-refractivity contribution in [1.29, 1.82) is 0 Å². The minimum atomic E-state index is -0.194. The highest BCUT2D eigenvalue weighted by atomic mass is 79.9. The zero-order chi connectivity index (χ0) is 11.4. The lowest BCUT2D eigenvalue weighted by molar-refractivity contribution is 0.587. The summed E-state index contributed by atoms with van der Waals surface area (Å²) in [6.45, 7) is 1.19. The van der Waals surface area contributed by atoms with Crippen molar-refractivity contribution in [1.82, 2.24) is 10.3 Å². The van der Waals surface area contributed by atoms with Crippen LogP contribution in [0.5, 0.6) is 0 Å². The van der Waals surface area contributed by atoms with Gasteiger partial charge in [0.05, 0.1) is 0 Å². The lowest BCUT2D eigenvalue weighted by Gasteiger charge is -2.04. The molecule has 0 aliphatic carbocycles. The van der Waals surface area contributed by atoms with Crippen molar-refractivity contribution in [2.24, 2.45) is 0 Å². The third-order valence-electron chi connectivity index (χ3n) is 2.09. The molecule has 0 saturated heterocycles. The van der Waals surface area contributed by atoms with Crippen molar-refractivity contribution in [2.75, 3.05) is 0 Å². The maximum Gasteiger partial charge on any atom is 0.128 e. The van der Waals surface area contributed by atoms with E-state index in [9.17, 15) is 4.39 Å². The number of nitrogens with one attached hydrogen (secondary N) is 1. The van der Waals surface area contributed by atoms with E-state index in [1.165, 1.54) is 6.07 Å². The molecule has 5 heteroatoms. The largest absolute Gasteiger partial charge is 0.306 e. The smallest absolute Gasteiger partial charge is 0.128 e. The summed E-state index contributed by atoms with van der Waals surface area (Å²) in [6, 6.07) is 5.08. The van der Waals surface area contributed by atoms with Crippen LogP contribution >= 0.6 is 27.3 Å². The second kappa shape index (κ2) is 5.52. The summed E-state index contributed by atoms with van der Waals surface area (Å²) in [7, 11) is 0. The molecule has 0 aliphatic heterocycles. The quantitative estimate of drug-likeness (QED) is 0.937. The highest BCUT2D eigenvalue weighted by molar-refractivity contribution is 9.10. The molecule has 1 heterocycles. The van der Waals surface area contributed by atoms with Gasteiger partial charge in [0.1, 0.15) is 10.8 Å². The number of benzene rings is 1. The molecule has 0 unspecified atom stereocenters. The van der Waals surface area contributed by atoms with Gasteiger partial charge in [-0.15, -0.1) is 11.3 Å². The Kier molecular flexibility index (Phi) is 4.04.